The Bertz CT molecular complexity index is 157. The molecule has 0 amide bonds. The van der Waals surface area contributed by atoms with Crippen molar-refractivity contribution in [3.05, 3.63) is 0 Å². The number of nitrogens with one attached hydrogen (secondary N) is 1. The highest BCUT2D eigenvalue weighted by atomic mass is 32.2. The first kappa shape index (κ1) is 13.6. The molecule has 0 radical (unpaired) electrons. The molecule has 0 heterocycles. The van der Waals surface area contributed by atoms with Crippen molar-refractivity contribution in [3.63, 3.8) is 0 Å². The van der Waals surface area contributed by atoms with Crippen LogP contribution in [0.4, 0.5) is 0 Å². The molecular formula is C10H23N3S. The molecule has 0 aromatic heterocycles. The van der Waals surface area contributed by atoms with Crippen LogP contribution in [-0.2, 0) is 0 Å². The molecule has 0 fully saturated rings. The molecule has 3 nitrogen and oxygen atoms in total. The summed E-state index contributed by atoms with van der Waals surface area (Å²) in [4.78, 5) is 4.22. The smallest absolute Gasteiger partial charge is 0.188 e. The predicted octanol–water partition coefficient (Wildman–Crippen LogP) is 1.69. The second-order valence-electron chi connectivity index (χ2n) is 3.75. The van der Waals surface area contributed by atoms with E-state index in [0.29, 0.717) is 11.9 Å². The Morgan fingerprint density at radius 3 is 2.71 bits per heavy atom. The molecule has 0 saturated carbocycles. The maximum Gasteiger partial charge on any atom is 0.188 e. The number of hydrogen-bond acceptors (Lipinski definition) is 2. The predicted molar refractivity (Wildman–Crippen MR) is 66.9 cm³/mol. The van der Waals surface area contributed by atoms with Gasteiger partial charge in [0.2, 0.25) is 0 Å². The molecule has 0 aromatic rings. The number of aliphatic imine (C=N–C) groups is 1. The van der Waals surface area contributed by atoms with E-state index in [0.717, 1.165) is 13.1 Å². The van der Waals surface area contributed by atoms with E-state index in [1.807, 2.05) is 11.8 Å². The summed E-state index contributed by atoms with van der Waals surface area (Å²) in [5.74, 6) is 2.39. The second kappa shape index (κ2) is 9.19. The molecule has 14 heavy (non-hydrogen) atoms. The van der Waals surface area contributed by atoms with Crippen LogP contribution in [0.3, 0.4) is 0 Å². The number of guanidine groups is 1. The first-order chi connectivity index (χ1) is 6.66. The van der Waals surface area contributed by atoms with Crippen LogP contribution >= 0.6 is 11.8 Å². The third kappa shape index (κ3) is 9.71. The molecule has 0 atom stereocenters. The molecule has 0 aliphatic rings. The fourth-order valence-electron chi connectivity index (χ4n) is 0.925. The third-order valence-electron chi connectivity index (χ3n) is 1.71. The maximum atomic E-state index is 5.67. The zero-order valence-corrected chi connectivity index (χ0v) is 10.4. The zero-order chi connectivity index (χ0) is 10.8. The molecule has 0 unspecified atom stereocenters. The summed E-state index contributed by atoms with van der Waals surface area (Å²) in [7, 11) is 0. The van der Waals surface area contributed by atoms with E-state index in [-0.39, 0.29) is 0 Å². The van der Waals surface area contributed by atoms with Crippen LogP contribution in [0.25, 0.3) is 0 Å². The molecule has 0 spiro atoms. The van der Waals surface area contributed by atoms with Crippen LogP contribution < -0.4 is 11.1 Å². The van der Waals surface area contributed by atoms with Crippen molar-refractivity contribution in [2.45, 2.75) is 26.7 Å². The normalized spacial score (nSPS) is 12.1. The molecule has 4 heteroatoms. The number of nitrogens with zero attached hydrogens (tertiary/aromatic N) is 1. The van der Waals surface area contributed by atoms with Gasteiger partial charge in [-0.2, -0.15) is 11.8 Å². The van der Waals surface area contributed by atoms with Crippen LogP contribution in [-0.4, -0.2) is 31.1 Å². The first-order valence-corrected chi connectivity index (χ1v) is 6.59. The second-order valence-corrected chi connectivity index (χ2v) is 4.73. The van der Waals surface area contributed by atoms with Crippen LogP contribution in [0.1, 0.15) is 26.7 Å². The standard InChI is InChI=1S/C10H23N3S/c1-9(2)8-13-10(11)12-6-4-5-7-14-3/h9H,4-8H2,1-3H3,(H3,11,12,13). The Labute approximate surface area is 91.9 Å². The monoisotopic (exact) mass is 217 g/mol. The fraction of sp³-hybridized carbons (Fsp3) is 0.900. The van der Waals surface area contributed by atoms with Crippen LogP contribution in [0.2, 0.25) is 0 Å². The van der Waals surface area contributed by atoms with Crippen molar-refractivity contribution in [1.82, 2.24) is 5.32 Å². The van der Waals surface area contributed by atoms with Gasteiger partial charge in [-0.25, -0.2) is 0 Å². The largest absolute Gasteiger partial charge is 0.370 e. The maximum absolute atomic E-state index is 5.67. The molecule has 0 bridgehead atoms. The summed E-state index contributed by atoms with van der Waals surface area (Å²) >= 11 is 1.89. The summed E-state index contributed by atoms with van der Waals surface area (Å²) in [6.07, 6.45) is 4.54. The molecule has 0 saturated heterocycles. The topological polar surface area (TPSA) is 50.4 Å². The Morgan fingerprint density at radius 2 is 2.14 bits per heavy atom. The zero-order valence-electron chi connectivity index (χ0n) is 9.55. The summed E-state index contributed by atoms with van der Waals surface area (Å²) in [6, 6.07) is 0. The molecule has 84 valence electrons. The highest BCUT2D eigenvalue weighted by Gasteiger charge is 1.93. The van der Waals surface area contributed by atoms with Crippen molar-refractivity contribution >= 4 is 17.7 Å². The van der Waals surface area contributed by atoms with Gasteiger partial charge in [-0.3, -0.25) is 4.99 Å². The van der Waals surface area contributed by atoms with Crippen molar-refractivity contribution in [3.8, 4) is 0 Å². The summed E-state index contributed by atoms with van der Waals surface area (Å²) in [5, 5.41) is 3.12. The van der Waals surface area contributed by atoms with Crippen molar-refractivity contribution in [2.24, 2.45) is 16.6 Å². The third-order valence-corrected chi connectivity index (χ3v) is 2.41. The lowest BCUT2D eigenvalue weighted by Crippen LogP contribution is -2.32. The van der Waals surface area contributed by atoms with E-state index >= 15 is 0 Å². The lowest BCUT2D eigenvalue weighted by molar-refractivity contribution is 0.659. The van der Waals surface area contributed by atoms with Crippen molar-refractivity contribution < 1.29 is 0 Å². The Hall–Kier alpha value is -0.380. The minimum Gasteiger partial charge on any atom is -0.370 e. The highest BCUT2D eigenvalue weighted by Crippen LogP contribution is 1.97. The van der Waals surface area contributed by atoms with Gasteiger partial charge in [0.05, 0.1) is 0 Å². The van der Waals surface area contributed by atoms with Gasteiger partial charge in [0.15, 0.2) is 5.96 Å². The SMILES string of the molecule is CSCCCCNC(N)=NCC(C)C. The molecule has 0 aliphatic carbocycles. The fourth-order valence-corrected chi connectivity index (χ4v) is 1.42. The Balaban J connectivity index is 3.34. The molecule has 0 rings (SSSR count). The first-order valence-electron chi connectivity index (χ1n) is 5.19. The quantitative estimate of drug-likeness (QED) is 0.388. The van der Waals surface area contributed by atoms with Gasteiger partial charge >= 0.3 is 0 Å². The van der Waals surface area contributed by atoms with Crippen LogP contribution in [0.5, 0.6) is 0 Å². The van der Waals surface area contributed by atoms with Gasteiger partial charge in [0.1, 0.15) is 0 Å². The number of rotatable bonds is 7. The van der Waals surface area contributed by atoms with Crippen molar-refractivity contribution in [2.75, 3.05) is 25.1 Å². The van der Waals surface area contributed by atoms with Gasteiger partial charge in [0, 0.05) is 13.1 Å². The van der Waals surface area contributed by atoms with E-state index in [1.165, 1.54) is 18.6 Å². The number of hydrogen-bond donors (Lipinski definition) is 2. The Morgan fingerprint density at radius 1 is 1.43 bits per heavy atom. The van der Waals surface area contributed by atoms with E-state index in [9.17, 15) is 0 Å². The highest BCUT2D eigenvalue weighted by molar-refractivity contribution is 7.98. The summed E-state index contributed by atoms with van der Waals surface area (Å²) in [5.41, 5.74) is 5.67. The lowest BCUT2D eigenvalue weighted by Gasteiger charge is -2.05. The van der Waals surface area contributed by atoms with E-state index in [4.69, 9.17) is 5.73 Å². The van der Waals surface area contributed by atoms with Crippen LogP contribution in [0, 0.1) is 5.92 Å². The molecular weight excluding hydrogens is 194 g/mol. The molecule has 3 N–H and O–H groups in total. The average molecular weight is 217 g/mol. The Kier molecular flexibility index (Phi) is 8.94. The minimum absolute atomic E-state index is 0.576. The van der Waals surface area contributed by atoms with Gasteiger partial charge in [-0.15, -0.1) is 0 Å². The van der Waals surface area contributed by atoms with Crippen LogP contribution in [0.15, 0.2) is 4.99 Å². The minimum atomic E-state index is 0.576. The van der Waals surface area contributed by atoms with E-state index in [1.54, 1.807) is 0 Å². The molecule has 0 aliphatic heterocycles. The van der Waals surface area contributed by atoms with Gasteiger partial charge in [-0.1, -0.05) is 13.8 Å². The van der Waals surface area contributed by atoms with Gasteiger partial charge in [0.25, 0.3) is 0 Å². The molecule has 0 aromatic carbocycles. The lowest BCUT2D eigenvalue weighted by atomic mass is 10.2. The summed E-state index contributed by atoms with van der Waals surface area (Å²) < 4.78 is 0. The van der Waals surface area contributed by atoms with Gasteiger partial charge < -0.3 is 11.1 Å². The average Bonchev–Trinajstić information content (AvgIpc) is 2.14. The number of unbranched alkanes of at least 4 members (excludes halogenated alkanes) is 1. The van der Waals surface area contributed by atoms with Crippen molar-refractivity contribution in [1.29, 1.82) is 0 Å². The number of nitrogens with two attached hydrogens (primary N) is 1. The van der Waals surface area contributed by atoms with E-state index in [2.05, 4.69) is 30.4 Å². The summed E-state index contributed by atoms with van der Waals surface area (Å²) in [6.45, 7) is 6.02. The van der Waals surface area contributed by atoms with E-state index < -0.39 is 0 Å². The number of thioether (sulfide) groups is 1. The van der Waals surface area contributed by atoms with Gasteiger partial charge in [-0.05, 0) is 30.8 Å².